The molecule has 2 fully saturated rings. The van der Waals surface area contributed by atoms with Crippen LogP contribution in [-0.4, -0.2) is 36.7 Å². The van der Waals surface area contributed by atoms with Crippen LogP contribution in [0.5, 0.6) is 0 Å². The third-order valence-corrected chi connectivity index (χ3v) is 3.65. The van der Waals surface area contributed by atoms with E-state index < -0.39 is 0 Å². The number of hydrogen-bond acceptors (Lipinski definition) is 3. The van der Waals surface area contributed by atoms with Gasteiger partial charge in [0.2, 0.25) is 5.91 Å². The van der Waals surface area contributed by atoms with E-state index in [-0.39, 0.29) is 11.9 Å². The first kappa shape index (κ1) is 11.9. The molecule has 2 N–H and O–H groups in total. The fourth-order valence-corrected chi connectivity index (χ4v) is 2.50. The van der Waals surface area contributed by atoms with Crippen molar-refractivity contribution in [1.29, 1.82) is 0 Å². The summed E-state index contributed by atoms with van der Waals surface area (Å²) >= 11 is 0. The van der Waals surface area contributed by atoms with Gasteiger partial charge in [-0.1, -0.05) is 6.92 Å². The maximum Gasteiger partial charge on any atom is 0.234 e. The molecule has 0 aromatic heterocycles. The highest BCUT2D eigenvalue weighted by molar-refractivity contribution is 5.78. The van der Waals surface area contributed by atoms with Crippen LogP contribution in [0.4, 0.5) is 0 Å². The molecule has 1 amide bonds. The van der Waals surface area contributed by atoms with Gasteiger partial charge in [-0.15, -0.1) is 0 Å². The maximum atomic E-state index is 11.6. The fourth-order valence-electron chi connectivity index (χ4n) is 2.50. The Morgan fingerprint density at radius 2 is 2.31 bits per heavy atom. The van der Waals surface area contributed by atoms with Crippen molar-refractivity contribution < 1.29 is 9.53 Å². The number of carbonyl (C=O) groups is 1. The largest absolute Gasteiger partial charge is 0.373 e. The molecule has 16 heavy (non-hydrogen) atoms. The Morgan fingerprint density at radius 3 is 2.88 bits per heavy atom. The van der Waals surface area contributed by atoms with E-state index in [9.17, 15) is 4.79 Å². The summed E-state index contributed by atoms with van der Waals surface area (Å²) in [6, 6.07) is 0.659. The van der Waals surface area contributed by atoms with Gasteiger partial charge in [0.1, 0.15) is 0 Å². The molecule has 2 heterocycles. The van der Waals surface area contributed by atoms with Gasteiger partial charge < -0.3 is 15.4 Å². The zero-order chi connectivity index (χ0) is 11.5. The quantitative estimate of drug-likeness (QED) is 0.729. The summed E-state index contributed by atoms with van der Waals surface area (Å²) in [5.74, 6) is 0.0946. The van der Waals surface area contributed by atoms with Crippen LogP contribution in [0, 0.1) is 0 Å². The summed E-state index contributed by atoms with van der Waals surface area (Å²) < 4.78 is 5.73. The molecule has 2 saturated heterocycles. The van der Waals surface area contributed by atoms with Gasteiger partial charge in [-0.2, -0.15) is 0 Å². The van der Waals surface area contributed by atoms with Crippen molar-refractivity contribution in [3.05, 3.63) is 0 Å². The zero-order valence-corrected chi connectivity index (χ0v) is 10.2. The highest BCUT2D eigenvalue weighted by Crippen LogP contribution is 2.34. The third-order valence-electron chi connectivity index (χ3n) is 3.65. The summed E-state index contributed by atoms with van der Waals surface area (Å²) in [6.45, 7) is 4.52. The standard InChI is InChI=1S/C12H22N2O2/c1-3-8(2)14-12(15)7-13-10-6-9-4-5-11(10)16-9/h8-11,13H,3-7H2,1-2H3,(H,14,15). The predicted octanol–water partition coefficient (Wildman–Crippen LogP) is 0.811. The molecule has 2 aliphatic heterocycles. The number of fused-ring (bicyclic) bond motifs is 2. The van der Waals surface area contributed by atoms with Gasteiger partial charge in [0, 0.05) is 12.1 Å². The van der Waals surface area contributed by atoms with Gasteiger partial charge in [0.05, 0.1) is 18.8 Å². The molecule has 0 aromatic rings. The topological polar surface area (TPSA) is 50.4 Å². The molecule has 2 rings (SSSR count). The van der Waals surface area contributed by atoms with Crippen LogP contribution in [0.15, 0.2) is 0 Å². The smallest absolute Gasteiger partial charge is 0.234 e. The highest BCUT2D eigenvalue weighted by atomic mass is 16.5. The Morgan fingerprint density at radius 1 is 1.50 bits per heavy atom. The fraction of sp³-hybridized carbons (Fsp3) is 0.917. The van der Waals surface area contributed by atoms with Crippen LogP contribution in [0.3, 0.4) is 0 Å². The number of ether oxygens (including phenoxy) is 1. The van der Waals surface area contributed by atoms with E-state index in [1.165, 1.54) is 6.42 Å². The first-order valence-electron chi connectivity index (χ1n) is 6.37. The summed E-state index contributed by atoms with van der Waals surface area (Å²) in [5.41, 5.74) is 0. The van der Waals surface area contributed by atoms with E-state index in [4.69, 9.17) is 4.74 Å². The molecule has 4 nitrogen and oxygen atoms in total. The highest BCUT2D eigenvalue weighted by Gasteiger charge is 2.40. The van der Waals surface area contributed by atoms with E-state index in [1.54, 1.807) is 0 Å². The van der Waals surface area contributed by atoms with Crippen LogP contribution in [0.25, 0.3) is 0 Å². The number of carbonyl (C=O) groups excluding carboxylic acids is 1. The van der Waals surface area contributed by atoms with Gasteiger partial charge >= 0.3 is 0 Å². The normalized spacial score (nSPS) is 34.0. The second-order valence-corrected chi connectivity index (χ2v) is 4.97. The Labute approximate surface area is 97.1 Å². The summed E-state index contributed by atoms with van der Waals surface area (Å²) in [7, 11) is 0. The molecule has 0 aliphatic carbocycles. The van der Waals surface area contributed by atoms with Crippen LogP contribution >= 0.6 is 0 Å². The Bertz CT molecular complexity index is 257. The van der Waals surface area contributed by atoms with Gasteiger partial charge in [-0.25, -0.2) is 0 Å². The maximum absolute atomic E-state index is 11.6. The van der Waals surface area contributed by atoms with Crippen molar-refractivity contribution in [2.75, 3.05) is 6.54 Å². The number of rotatable bonds is 5. The molecule has 0 spiro atoms. The van der Waals surface area contributed by atoms with Crippen LogP contribution in [-0.2, 0) is 9.53 Å². The minimum absolute atomic E-state index is 0.0946. The summed E-state index contributed by atoms with van der Waals surface area (Å²) in [5, 5.41) is 6.26. The Balaban J connectivity index is 1.66. The van der Waals surface area contributed by atoms with Gasteiger partial charge in [0.15, 0.2) is 0 Å². The summed E-state index contributed by atoms with van der Waals surface area (Å²) in [4.78, 5) is 11.6. The van der Waals surface area contributed by atoms with Crippen molar-refractivity contribution in [3.8, 4) is 0 Å². The predicted molar refractivity (Wildman–Crippen MR) is 62.2 cm³/mol. The molecule has 4 atom stereocenters. The second-order valence-electron chi connectivity index (χ2n) is 4.97. The lowest BCUT2D eigenvalue weighted by Crippen LogP contribution is -2.45. The monoisotopic (exact) mass is 226 g/mol. The van der Waals surface area contributed by atoms with E-state index in [0.29, 0.717) is 24.8 Å². The van der Waals surface area contributed by atoms with Crippen LogP contribution in [0.1, 0.15) is 39.5 Å². The first-order chi connectivity index (χ1) is 7.69. The van der Waals surface area contributed by atoms with E-state index in [0.717, 1.165) is 19.3 Å². The Kier molecular flexibility index (Phi) is 3.82. The van der Waals surface area contributed by atoms with Crippen molar-refractivity contribution in [2.45, 2.75) is 63.8 Å². The molecule has 0 saturated carbocycles. The lowest BCUT2D eigenvalue weighted by molar-refractivity contribution is -0.121. The second kappa shape index (κ2) is 5.15. The average Bonchev–Trinajstić information content (AvgIpc) is 2.87. The van der Waals surface area contributed by atoms with Gasteiger partial charge in [-0.05, 0) is 32.6 Å². The molecule has 2 bridgehead atoms. The molecule has 92 valence electrons. The van der Waals surface area contributed by atoms with Crippen molar-refractivity contribution in [3.63, 3.8) is 0 Å². The van der Waals surface area contributed by atoms with Crippen molar-refractivity contribution >= 4 is 5.91 Å². The van der Waals surface area contributed by atoms with E-state index in [2.05, 4.69) is 17.6 Å². The molecule has 0 aromatic carbocycles. The molecular formula is C12H22N2O2. The van der Waals surface area contributed by atoms with Crippen molar-refractivity contribution in [2.24, 2.45) is 0 Å². The molecule has 4 heteroatoms. The molecular weight excluding hydrogens is 204 g/mol. The lowest BCUT2D eigenvalue weighted by Gasteiger charge is -2.20. The van der Waals surface area contributed by atoms with Gasteiger partial charge in [-0.3, -0.25) is 4.79 Å². The number of hydrogen-bond donors (Lipinski definition) is 2. The molecule has 4 unspecified atom stereocenters. The first-order valence-corrected chi connectivity index (χ1v) is 6.37. The zero-order valence-electron chi connectivity index (χ0n) is 10.2. The average molecular weight is 226 g/mol. The van der Waals surface area contributed by atoms with Gasteiger partial charge in [0.25, 0.3) is 0 Å². The SMILES string of the molecule is CCC(C)NC(=O)CNC1CC2CCC1O2. The third kappa shape index (κ3) is 2.74. The molecule has 0 radical (unpaired) electrons. The van der Waals surface area contributed by atoms with E-state index in [1.807, 2.05) is 6.92 Å². The van der Waals surface area contributed by atoms with Crippen LogP contribution < -0.4 is 10.6 Å². The lowest BCUT2D eigenvalue weighted by atomic mass is 9.95. The number of amides is 1. The minimum Gasteiger partial charge on any atom is -0.373 e. The minimum atomic E-state index is 0.0946. The van der Waals surface area contributed by atoms with E-state index >= 15 is 0 Å². The summed E-state index contributed by atoms with van der Waals surface area (Å²) in [6.07, 6.45) is 5.18. The number of nitrogens with one attached hydrogen (secondary N) is 2. The Hall–Kier alpha value is -0.610. The molecule has 2 aliphatic rings. The van der Waals surface area contributed by atoms with Crippen LogP contribution in [0.2, 0.25) is 0 Å². The van der Waals surface area contributed by atoms with Crippen molar-refractivity contribution in [1.82, 2.24) is 10.6 Å².